The number of benzene rings is 1. The van der Waals surface area contributed by atoms with Crippen molar-refractivity contribution in [1.29, 1.82) is 4.78 Å². The minimum Gasteiger partial charge on any atom is -0.437 e. The van der Waals surface area contributed by atoms with E-state index in [0.717, 1.165) is 18.3 Å². The van der Waals surface area contributed by atoms with Gasteiger partial charge in [-0.3, -0.25) is 9.78 Å². The van der Waals surface area contributed by atoms with Gasteiger partial charge in [0, 0.05) is 23.0 Å². The first-order valence-corrected chi connectivity index (χ1v) is 11.0. The molecule has 0 aliphatic carbocycles. The van der Waals surface area contributed by atoms with Gasteiger partial charge in [0.25, 0.3) is 12.3 Å². The van der Waals surface area contributed by atoms with Crippen molar-refractivity contribution < 1.29 is 35.7 Å². The molecule has 1 atom stereocenters. The molecule has 2 heterocycles. The molecule has 0 saturated heterocycles. The number of carbonyl (C=O) groups excluding carboxylic acids is 1. The number of ether oxygens (including phenoxy) is 1. The van der Waals surface area contributed by atoms with Crippen LogP contribution in [0.4, 0.5) is 27.6 Å². The van der Waals surface area contributed by atoms with Gasteiger partial charge >= 0.3 is 6.18 Å². The number of hydrogen-bond acceptors (Lipinski definition) is 6. The van der Waals surface area contributed by atoms with E-state index in [1.54, 1.807) is 0 Å². The average Bonchev–Trinajstić information content (AvgIpc) is 2.73. The molecule has 0 bridgehead atoms. The monoisotopic (exact) mass is 486 g/mol. The van der Waals surface area contributed by atoms with Crippen molar-refractivity contribution >= 4 is 21.3 Å². The van der Waals surface area contributed by atoms with Gasteiger partial charge in [-0.15, -0.1) is 0 Å². The van der Waals surface area contributed by atoms with E-state index in [-0.39, 0.29) is 16.3 Å². The second-order valence-corrected chi connectivity index (χ2v) is 8.88. The maximum atomic E-state index is 13.2. The van der Waals surface area contributed by atoms with E-state index in [0.29, 0.717) is 12.3 Å². The lowest BCUT2D eigenvalue weighted by Crippen LogP contribution is -2.16. The summed E-state index contributed by atoms with van der Waals surface area (Å²) in [5, 5.41) is 2.35. The largest absolute Gasteiger partial charge is 0.437 e. The zero-order chi connectivity index (χ0) is 24.4. The third-order valence-electron chi connectivity index (χ3n) is 4.16. The lowest BCUT2D eigenvalue weighted by Gasteiger charge is -2.14. The molecule has 33 heavy (non-hydrogen) atoms. The van der Waals surface area contributed by atoms with Crippen molar-refractivity contribution in [3.05, 3.63) is 71.7 Å². The Morgan fingerprint density at radius 2 is 1.85 bits per heavy atom. The fourth-order valence-corrected chi connectivity index (χ4v) is 3.25. The first kappa shape index (κ1) is 24.0. The van der Waals surface area contributed by atoms with E-state index >= 15 is 0 Å². The van der Waals surface area contributed by atoms with Crippen molar-refractivity contribution in [1.82, 2.24) is 9.97 Å². The zero-order valence-corrected chi connectivity index (χ0v) is 17.5. The highest BCUT2D eigenvalue weighted by Crippen LogP contribution is 2.33. The van der Waals surface area contributed by atoms with E-state index in [1.165, 1.54) is 30.5 Å². The molecule has 174 valence electrons. The molecule has 7 nitrogen and oxygen atoms in total. The van der Waals surface area contributed by atoms with Gasteiger partial charge in [0.1, 0.15) is 17.0 Å². The number of hydrogen-bond donors (Lipinski definition) is 2. The molecule has 0 fully saturated rings. The Bertz CT molecular complexity index is 1280. The Balaban J connectivity index is 1.96. The first-order chi connectivity index (χ1) is 15.3. The zero-order valence-electron chi connectivity index (χ0n) is 16.7. The van der Waals surface area contributed by atoms with Gasteiger partial charge in [0.15, 0.2) is 0 Å². The number of anilines is 1. The number of alkyl halides is 5. The van der Waals surface area contributed by atoms with Crippen LogP contribution in [0.15, 0.2) is 59.8 Å². The summed E-state index contributed by atoms with van der Waals surface area (Å²) in [7, 11) is -3.11. The molecule has 0 saturated carbocycles. The van der Waals surface area contributed by atoms with E-state index < -0.39 is 50.9 Å². The highest BCUT2D eigenvalue weighted by molar-refractivity contribution is 7.91. The molecular formula is C20H15F5N4O3S. The van der Waals surface area contributed by atoms with Crippen LogP contribution in [0.3, 0.4) is 0 Å². The number of aromatic nitrogens is 2. The topological polar surface area (TPSA) is 105 Å². The second kappa shape index (κ2) is 9.10. The summed E-state index contributed by atoms with van der Waals surface area (Å²) in [5.74, 6) is -1.70. The Kier molecular flexibility index (Phi) is 6.63. The van der Waals surface area contributed by atoms with Gasteiger partial charge in [-0.2, -0.15) is 13.2 Å². The van der Waals surface area contributed by atoms with E-state index in [1.807, 2.05) is 0 Å². The van der Waals surface area contributed by atoms with Gasteiger partial charge in [0.2, 0.25) is 5.88 Å². The molecule has 2 N–H and O–H groups in total. The Labute approximate surface area is 184 Å². The maximum absolute atomic E-state index is 13.2. The SMILES string of the molecule is CS(=N)(=O)c1cccc(NC(=O)c2cc(C(F)(F)F)cnc2Oc2ccc(C(F)F)nc2)c1. The number of carbonyl (C=O) groups is 1. The molecule has 0 radical (unpaired) electrons. The fourth-order valence-electron chi connectivity index (χ4n) is 2.56. The van der Waals surface area contributed by atoms with Crippen LogP contribution < -0.4 is 10.1 Å². The smallest absolute Gasteiger partial charge is 0.417 e. The van der Waals surface area contributed by atoms with E-state index in [9.17, 15) is 31.0 Å². The molecule has 1 amide bonds. The third-order valence-corrected chi connectivity index (χ3v) is 5.32. The van der Waals surface area contributed by atoms with Crippen LogP contribution in [0, 0.1) is 4.78 Å². The van der Waals surface area contributed by atoms with Crippen LogP contribution in [-0.2, 0) is 15.9 Å². The van der Waals surface area contributed by atoms with E-state index in [2.05, 4.69) is 15.3 Å². The minimum absolute atomic E-state index is 0.0747. The fraction of sp³-hybridized carbons (Fsp3) is 0.150. The molecule has 3 aromatic rings. The second-order valence-electron chi connectivity index (χ2n) is 6.72. The normalized spacial score (nSPS) is 13.4. The summed E-state index contributed by atoms with van der Waals surface area (Å²) in [5.41, 5.74) is -2.29. The number of amides is 1. The average molecular weight is 486 g/mol. The Morgan fingerprint density at radius 3 is 2.42 bits per heavy atom. The van der Waals surface area contributed by atoms with Crippen LogP contribution in [0.2, 0.25) is 0 Å². The summed E-state index contributed by atoms with van der Waals surface area (Å²) in [6, 6.07) is 8.05. The number of rotatable bonds is 6. The molecule has 3 rings (SSSR count). The van der Waals surface area contributed by atoms with Gasteiger partial charge < -0.3 is 10.1 Å². The maximum Gasteiger partial charge on any atom is 0.417 e. The first-order valence-electron chi connectivity index (χ1n) is 8.99. The molecular weight excluding hydrogens is 471 g/mol. The summed E-state index contributed by atoms with van der Waals surface area (Å²) in [6.45, 7) is 0. The molecule has 0 aliphatic rings. The molecule has 1 aromatic carbocycles. The van der Waals surface area contributed by atoms with Gasteiger partial charge in [-0.25, -0.2) is 22.8 Å². The predicted octanol–water partition coefficient (Wildman–Crippen LogP) is 5.51. The molecule has 0 aliphatic heterocycles. The lowest BCUT2D eigenvalue weighted by molar-refractivity contribution is -0.137. The van der Waals surface area contributed by atoms with Crippen molar-refractivity contribution in [3.63, 3.8) is 0 Å². The third kappa shape index (κ3) is 6.00. The Hall–Kier alpha value is -3.61. The number of halogens is 5. The van der Waals surface area contributed by atoms with Gasteiger partial charge in [-0.05, 0) is 36.4 Å². The summed E-state index contributed by atoms with van der Waals surface area (Å²) < 4.78 is 89.7. The van der Waals surface area contributed by atoms with Crippen molar-refractivity contribution in [2.75, 3.05) is 11.6 Å². The van der Waals surface area contributed by atoms with Crippen LogP contribution in [-0.4, -0.2) is 26.3 Å². The predicted molar refractivity (Wildman–Crippen MR) is 108 cm³/mol. The minimum atomic E-state index is -4.81. The van der Waals surface area contributed by atoms with Gasteiger partial charge in [0.05, 0.1) is 21.5 Å². The lowest BCUT2D eigenvalue weighted by atomic mass is 10.1. The van der Waals surface area contributed by atoms with Crippen molar-refractivity contribution in [2.45, 2.75) is 17.5 Å². The quantitative estimate of drug-likeness (QED) is 0.447. The highest BCUT2D eigenvalue weighted by atomic mass is 32.2. The van der Waals surface area contributed by atoms with Crippen molar-refractivity contribution in [2.24, 2.45) is 0 Å². The summed E-state index contributed by atoms with van der Waals surface area (Å²) in [4.78, 5) is 19.9. The van der Waals surface area contributed by atoms with Crippen molar-refractivity contribution in [3.8, 4) is 11.6 Å². The van der Waals surface area contributed by atoms with Crippen LogP contribution in [0.25, 0.3) is 0 Å². The van der Waals surface area contributed by atoms with Crippen LogP contribution >= 0.6 is 0 Å². The highest BCUT2D eigenvalue weighted by Gasteiger charge is 2.33. The van der Waals surface area contributed by atoms with Gasteiger partial charge in [-0.1, -0.05) is 6.07 Å². The number of nitrogens with zero attached hydrogens (tertiary/aromatic N) is 2. The van der Waals surface area contributed by atoms with Crippen LogP contribution in [0.5, 0.6) is 11.6 Å². The number of pyridine rings is 2. The molecule has 13 heteroatoms. The molecule has 1 unspecified atom stereocenters. The van der Waals surface area contributed by atoms with E-state index in [4.69, 9.17) is 9.52 Å². The van der Waals surface area contributed by atoms with Crippen LogP contribution in [0.1, 0.15) is 28.0 Å². The molecule has 2 aromatic heterocycles. The molecule has 0 spiro atoms. The number of nitrogens with one attached hydrogen (secondary N) is 2. The summed E-state index contributed by atoms with van der Waals surface area (Å²) in [6.07, 6.45) is -5.09. The summed E-state index contributed by atoms with van der Waals surface area (Å²) >= 11 is 0. The standard InChI is InChI=1S/C20H15F5N4O3S/c1-33(26,31)14-4-2-3-12(8-14)29-18(30)15-7-11(20(23,24)25)9-28-19(15)32-13-5-6-16(17(21)22)27-10-13/h2-10,17,26H,1H3,(H,29,30). The Morgan fingerprint density at radius 1 is 1.12 bits per heavy atom.